The van der Waals surface area contributed by atoms with Crippen molar-refractivity contribution in [2.75, 3.05) is 0 Å². The van der Waals surface area contributed by atoms with Crippen molar-refractivity contribution in [3.8, 4) is 18.4 Å². The van der Waals surface area contributed by atoms with Gasteiger partial charge in [0.15, 0.2) is 0 Å². The van der Waals surface area contributed by atoms with Gasteiger partial charge in [-0.3, -0.25) is 0 Å². The highest BCUT2D eigenvalue weighted by Crippen LogP contribution is 2.27. The number of rotatable bonds is 4. The molecule has 0 saturated carbocycles. The molecule has 0 rings (SSSR count). The van der Waals surface area contributed by atoms with Gasteiger partial charge in [-0.25, -0.2) is 0 Å². The number of nitrogens with zero attached hydrogens (tertiary/aromatic N) is 1. The molecule has 0 bridgehead atoms. The van der Waals surface area contributed by atoms with E-state index in [4.69, 9.17) is 11.7 Å². The summed E-state index contributed by atoms with van der Waals surface area (Å²) in [7, 11) is 0. The van der Waals surface area contributed by atoms with Crippen LogP contribution in [0.25, 0.3) is 0 Å². The molecule has 1 atom stereocenters. The predicted octanol–water partition coefficient (Wildman–Crippen LogP) is 2.98. The van der Waals surface area contributed by atoms with Gasteiger partial charge < -0.3 is 0 Å². The minimum Gasteiger partial charge on any atom is -0.198 e. The largest absolute Gasteiger partial charge is 0.198 e. The summed E-state index contributed by atoms with van der Waals surface area (Å²) in [5.74, 6) is 3.21. The third kappa shape index (κ3) is 4.04. The Bertz CT molecular complexity index is 202. The lowest BCUT2D eigenvalue weighted by Gasteiger charge is -2.22. The molecule has 0 fully saturated rings. The van der Waals surface area contributed by atoms with E-state index in [1.165, 1.54) is 0 Å². The molecule has 0 radical (unpaired) electrons. The zero-order valence-corrected chi connectivity index (χ0v) is 8.22. The van der Waals surface area contributed by atoms with Crippen molar-refractivity contribution in [3.63, 3.8) is 0 Å². The molecule has 1 heteroatoms. The van der Waals surface area contributed by atoms with Gasteiger partial charge in [-0.1, -0.05) is 13.3 Å². The fourth-order valence-corrected chi connectivity index (χ4v) is 1.27. The highest BCUT2D eigenvalue weighted by Gasteiger charge is 2.19. The van der Waals surface area contributed by atoms with E-state index in [0.29, 0.717) is 12.3 Å². The summed E-state index contributed by atoms with van der Waals surface area (Å²) in [5.41, 5.74) is -0.0580. The van der Waals surface area contributed by atoms with Crippen LogP contribution in [0.1, 0.15) is 40.0 Å². The van der Waals surface area contributed by atoms with Gasteiger partial charge in [0.25, 0.3) is 0 Å². The molecule has 0 N–H and O–H groups in total. The van der Waals surface area contributed by atoms with Crippen LogP contribution in [0.4, 0.5) is 0 Å². The molecule has 0 saturated heterocycles. The third-order valence-corrected chi connectivity index (χ3v) is 2.15. The van der Waals surface area contributed by atoms with Crippen LogP contribution in [-0.4, -0.2) is 0 Å². The Morgan fingerprint density at radius 1 is 1.50 bits per heavy atom. The monoisotopic (exact) mass is 163 g/mol. The van der Waals surface area contributed by atoms with E-state index >= 15 is 0 Å². The minimum atomic E-state index is -0.0580. The smallest absolute Gasteiger partial charge is 0.0624 e. The van der Waals surface area contributed by atoms with Crippen LogP contribution in [0.15, 0.2) is 0 Å². The third-order valence-electron chi connectivity index (χ3n) is 2.15. The van der Waals surface area contributed by atoms with Crippen molar-refractivity contribution in [3.05, 3.63) is 0 Å². The van der Waals surface area contributed by atoms with E-state index in [2.05, 4.69) is 18.9 Å². The van der Waals surface area contributed by atoms with Crippen LogP contribution in [-0.2, 0) is 0 Å². The molecule has 0 spiro atoms. The molecule has 1 nitrogen and oxygen atoms in total. The highest BCUT2D eigenvalue weighted by molar-refractivity contribution is 5.01. The average molecular weight is 163 g/mol. The first-order chi connectivity index (χ1) is 5.55. The molecular weight excluding hydrogens is 146 g/mol. The molecule has 0 aliphatic rings. The first kappa shape index (κ1) is 11.1. The zero-order valence-electron chi connectivity index (χ0n) is 8.22. The van der Waals surface area contributed by atoms with E-state index in [1.54, 1.807) is 0 Å². The van der Waals surface area contributed by atoms with E-state index in [1.807, 2.05) is 13.8 Å². The molecule has 0 aliphatic carbocycles. The Morgan fingerprint density at radius 2 is 2.08 bits per heavy atom. The standard InChI is InChI=1S/C11H17N/c1-5-10(7-8-12)9-11(3,4)6-2/h2,10H,5,7,9H2,1,3-4H3/t10-/m1/s1. The Kier molecular flexibility index (Phi) is 4.45. The van der Waals surface area contributed by atoms with Gasteiger partial charge in [0.2, 0.25) is 0 Å². The van der Waals surface area contributed by atoms with Gasteiger partial charge in [0.1, 0.15) is 0 Å². The fourth-order valence-electron chi connectivity index (χ4n) is 1.27. The molecule has 0 unspecified atom stereocenters. The van der Waals surface area contributed by atoms with Crippen LogP contribution >= 0.6 is 0 Å². The minimum absolute atomic E-state index is 0.0580. The second-order valence-corrected chi connectivity index (χ2v) is 3.87. The normalized spacial score (nSPS) is 13.1. The lowest BCUT2D eigenvalue weighted by Crippen LogP contribution is -2.14. The molecule has 0 aliphatic heterocycles. The van der Waals surface area contributed by atoms with Gasteiger partial charge in [0.05, 0.1) is 6.07 Å². The maximum Gasteiger partial charge on any atom is 0.0624 e. The maximum atomic E-state index is 8.54. The van der Waals surface area contributed by atoms with Gasteiger partial charge in [0, 0.05) is 11.8 Å². The molecule has 0 aromatic rings. The van der Waals surface area contributed by atoms with Crippen molar-refractivity contribution >= 4 is 0 Å². The summed E-state index contributed by atoms with van der Waals surface area (Å²) in [5, 5.41) is 8.54. The first-order valence-corrected chi connectivity index (χ1v) is 4.40. The van der Waals surface area contributed by atoms with Gasteiger partial charge in [-0.2, -0.15) is 5.26 Å². The summed E-state index contributed by atoms with van der Waals surface area (Å²) in [6.07, 6.45) is 7.99. The summed E-state index contributed by atoms with van der Waals surface area (Å²) < 4.78 is 0. The molecule has 12 heavy (non-hydrogen) atoms. The summed E-state index contributed by atoms with van der Waals surface area (Å²) in [6.45, 7) is 6.20. The molecule has 0 aromatic carbocycles. The quantitative estimate of drug-likeness (QED) is 0.584. The molecule has 0 aromatic heterocycles. The van der Waals surface area contributed by atoms with Gasteiger partial charge >= 0.3 is 0 Å². The summed E-state index contributed by atoms with van der Waals surface area (Å²) in [6, 6.07) is 2.20. The first-order valence-electron chi connectivity index (χ1n) is 4.40. The van der Waals surface area contributed by atoms with Crippen LogP contribution in [0.2, 0.25) is 0 Å². The van der Waals surface area contributed by atoms with Crippen molar-refractivity contribution in [2.24, 2.45) is 11.3 Å². The lowest BCUT2D eigenvalue weighted by atomic mass is 9.81. The van der Waals surface area contributed by atoms with E-state index in [9.17, 15) is 0 Å². The van der Waals surface area contributed by atoms with Crippen LogP contribution in [0, 0.1) is 35.0 Å². The van der Waals surface area contributed by atoms with Gasteiger partial charge in [-0.05, 0) is 26.2 Å². The molecular formula is C11H17N. The topological polar surface area (TPSA) is 23.8 Å². The van der Waals surface area contributed by atoms with Crippen LogP contribution < -0.4 is 0 Å². The van der Waals surface area contributed by atoms with Crippen molar-refractivity contribution in [2.45, 2.75) is 40.0 Å². The molecule has 0 amide bonds. The van der Waals surface area contributed by atoms with Crippen molar-refractivity contribution in [1.82, 2.24) is 0 Å². The summed E-state index contributed by atoms with van der Waals surface area (Å²) >= 11 is 0. The number of terminal acetylenes is 1. The Hall–Kier alpha value is -0.950. The Labute approximate surface area is 75.8 Å². The van der Waals surface area contributed by atoms with Crippen LogP contribution in [0.3, 0.4) is 0 Å². The van der Waals surface area contributed by atoms with E-state index in [-0.39, 0.29) is 5.41 Å². The van der Waals surface area contributed by atoms with E-state index < -0.39 is 0 Å². The predicted molar refractivity (Wildman–Crippen MR) is 51.2 cm³/mol. The average Bonchev–Trinajstić information content (AvgIpc) is 2.03. The lowest BCUT2D eigenvalue weighted by molar-refractivity contribution is 0.340. The zero-order chi connectivity index (χ0) is 9.61. The molecule has 66 valence electrons. The number of hydrogen-bond acceptors (Lipinski definition) is 1. The highest BCUT2D eigenvalue weighted by atomic mass is 14.3. The van der Waals surface area contributed by atoms with E-state index in [0.717, 1.165) is 12.8 Å². The SMILES string of the molecule is C#CC(C)(C)C[C@H](CC)CC#N. The van der Waals surface area contributed by atoms with Crippen molar-refractivity contribution in [1.29, 1.82) is 5.26 Å². The second-order valence-electron chi connectivity index (χ2n) is 3.87. The Balaban J connectivity index is 4.05. The number of hydrogen-bond donors (Lipinski definition) is 0. The van der Waals surface area contributed by atoms with Gasteiger partial charge in [-0.15, -0.1) is 12.3 Å². The molecule has 0 heterocycles. The number of nitriles is 1. The summed E-state index contributed by atoms with van der Waals surface area (Å²) in [4.78, 5) is 0. The van der Waals surface area contributed by atoms with Crippen molar-refractivity contribution < 1.29 is 0 Å². The Morgan fingerprint density at radius 3 is 2.42 bits per heavy atom. The fraction of sp³-hybridized carbons (Fsp3) is 0.727. The maximum absolute atomic E-state index is 8.54. The van der Waals surface area contributed by atoms with Crippen LogP contribution in [0.5, 0.6) is 0 Å². The second kappa shape index (κ2) is 4.83.